The summed E-state index contributed by atoms with van der Waals surface area (Å²) in [6.07, 6.45) is 0. The number of piperazine rings is 1. The molecule has 3 aromatic carbocycles. The third-order valence-corrected chi connectivity index (χ3v) is 6.77. The molecule has 0 aliphatic carbocycles. The quantitative estimate of drug-likeness (QED) is 0.356. The van der Waals surface area contributed by atoms with Gasteiger partial charge in [-0.2, -0.15) is 0 Å². The maximum Gasteiger partial charge on any atom is 0.321 e. The Morgan fingerprint density at radius 1 is 0.778 bits per heavy atom. The van der Waals surface area contributed by atoms with Crippen molar-refractivity contribution < 1.29 is 14.0 Å². The topological polar surface area (TPSA) is 78.7 Å². The van der Waals surface area contributed by atoms with Crippen LogP contribution in [0.15, 0.2) is 101 Å². The van der Waals surface area contributed by atoms with Crippen molar-refractivity contribution in [3.8, 4) is 22.6 Å². The number of urea groups is 1. The molecule has 0 spiro atoms. The summed E-state index contributed by atoms with van der Waals surface area (Å²) in [6, 6.07) is 29.0. The van der Waals surface area contributed by atoms with Gasteiger partial charge in [0.1, 0.15) is 5.69 Å². The molecule has 3 amide bonds. The fraction of sp³-hybridized carbons (Fsp3) is 0.179. The fourth-order valence-corrected chi connectivity index (χ4v) is 4.76. The van der Waals surface area contributed by atoms with Crippen molar-refractivity contribution >= 4 is 29.4 Å². The molecule has 1 saturated heterocycles. The van der Waals surface area contributed by atoms with Crippen molar-refractivity contribution in [1.29, 1.82) is 0 Å². The summed E-state index contributed by atoms with van der Waals surface area (Å²) in [7, 11) is 0. The minimum atomic E-state index is -0.149. The number of carbonyl (C=O) groups excluding carboxylic acids is 2. The number of nitrogens with zero attached hydrogens (tertiary/aromatic N) is 3. The molecule has 8 heteroatoms. The van der Waals surface area contributed by atoms with Crippen molar-refractivity contribution in [2.75, 3.05) is 37.2 Å². The minimum Gasteiger partial charge on any atom is -0.431 e. The second-order valence-corrected chi connectivity index (χ2v) is 9.27. The lowest BCUT2D eigenvalue weighted by atomic mass is 10.1. The normalized spacial score (nSPS) is 13.4. The molecule has 36 heavy (non-hydrogen) atoms. The summed E-state index contributed by atoms with van der Waals surface area (Å²) < 4.78 is 6.12. The van der Waals surface area contributed by atoms with Gasteiger partial charge in [-0.3, -0.25) is 4.79 Å². The van der Waals surface area contributed by atoms with Crippen molar-refractivity contribution in [2.24, 2.45) is 0 Å². The van der Waals surface area contributed by atoms with Crippen LogP contribution in [0.1, 0.15) is 0 Å². The molecule has 0 saturated carbocycles. The molecule has 1 aliphatic rings. The number of aromatic nitrogens is 1. The number of para-hydroxylation sites is 1. The SMILES string of the molecule is O=C(CSc1nc(-c2ccccc2)c(-c2ccccc2)o1)N1CCN(C(=O)Nc2ccccc2)CC1. The van der Waals surface area contributed by atoms with Gasteiger partial charge in [0.2, 0.25) is 5.91 Å². The second kappa shape index (κ2) is 11.1. The Labute approximate surface area is 214 Å². The molecule has 0 bridgehead atoms. The van der Waals surface area contributed by atoms with Crippen molar-refractivity contribution in [3.63, 3.8) is 0 Å². The molecule has 0 atom stereocenters. The zero-order valence-corrected chi connectivity index (χ0v) is 20.5. The van der Waals surface area contributed by atoms with Crippen LogP contribution in [0.2, 0.25) is 0 Å². The first kappa shape index (κ1) is 23.7. The molecule has 5 rings (SSSR count). The number of oxazole rings is 1. The Morgan fingerprint density at radius 3 is 1.97 bits per heavy atom. The van der Waals surface area contributed by atoms with E-state index in [1.54, 1.807) is 9.80 Å². The Hall–Kier alpha value is -4.04. The molecule has 182 valence electrons. The number of carbonyl (C=O) groups is 2. The van der Waals surface area contributed by atoms with Crippen LogP contribution in [-0.2, 0) is 4.79 Å². The van der Waals surface area contributed by atoms with Crippen molar-refractivity contribution in [3.05, 3.63) is 91.0 Å². The van der Waals surface area contributed by atoms with E-state index < -0.39 is 0 Å². The van der Waals surface area contributed by atoms with E-state index in [0.717, 1.165) is 22.5 Å². The molecular weight excluding hydrogens is 472 g/mol. The first-order valence-corrected chi connectivity index (χ1v) is 12.8. The lowest BCUT2D eigenvalue weighted by molar-refractivity contribution is -0.129. The summed E-state index contributed by atoms with van der Waals surface area (Å²) in [5.74, 6) is 0.915. The van der Waals surface area contributed by atoms with Crippen LogP contribution in [0, 0.1) is 0 Å². The minimum absolute atomic E-state index is 0.00356. The molecule has 7 nitrogen and oxygen atoms in total. The average molecular weight is 499 g/mol. The third kappa shape index (κ3) is 5.60. The zero-order chi connectivity index (χ0) is 24.7. The summed E-state index contributed by atoms with van der Waals surface area (Å²) in [5, 5.41) is 3.36. The highest BCUT2D eigenvalue weighted by Gasteiger charge is 2.25. The van der Waals surface area contributed by atoms with E-state index in [1.165, 1.54) is 11.8 Å². The summed E-state index contributed by atoms with van der Waals surface area (Å²) in [6.45, 7) is 1.98. The highest BCUT2D eigenvalue weighted by atomic mass is 32.2. The predicted octanol–water partition coefficient (Wildman–Crippen LogP) is 5.48. The smallest absolute Gasteiger partial charge is 0.321 e. The largest absolute Gasteiger partial charge is 0.431 e. The summed E-state index contributed by atoms with van der Waals surface area (Å²) >= 11 is 1.29. The maximum absolute atomic E-state index is 12.9. The van der Waals surface area contributed by atoms with E-state index in [4.69, 9.17) is 9.40 Å². The first-order chi connectivity index (χ1) is 17.7. The van der Waals surface area contributed by atoms with Crippen LogP contribution in [0.25, 0.3) is 22.6 Å². The van der Waals surface area contributed by atoms with E-state index in [-0.39, 0.29) is 17.7 Å². The fourth-order valence-electron chi connectivity index (χ4n) is 4.04. The van der Waals surface area contributed by atoms with Gasteiger partial charge in [0.05, 0.1) is 5.75 Å². The molecule has 0 radical (unpaired) electrons. The molecule has 1 N–H and O–H groups in total. The van der Waals surface area contributed by atoms with E-state index >= 15 is 0 Å². The monoisotopic (exact) mass is 498 g/mol. The van der Waals surface area contributed by atoms with E-state index in [2.05, 4.69) is 5.32 Å². The van der Waals surface area contributed by atoms with Gasteiger partial charge in [-0.05, 0) is 12.1 Å². The highest BCUT2D eigenvalue weighted by Crippen LogP contribution is 2.35. The van der Waals surface area contributed by atoms with Crippen LogP contribution in [0.5, 0.6) is 0 Å². The first-order valence-electron chi connectivity index (χ1n) is 11.8. The van der Waals surface area contributed by atoms with Crippen LogP contribution < -0.4 is 5.32 Å². The summed E-state index contributed by atoms with van der Waals surface area (Å²) in [5.41, 5.74) is 3.41. The van der Waals surface area contributed by atoms with Crippen LogP contribution in [0.4, 0.5) is 10.5 Å². The Bertz CT molecular complexity index is 1250. The maximum atomic E-state index is 12.9. The van der Waals surface area contributed by atoms with Crippen LogP contribution in [0.3, 0.4) is 0 Å². The molecule has 1 aromatic heterocycles. The molecule has 1 fully saturated rings. The second-order valence-electron chi connectivity index (χ2n) is 8.34. The van der Waals surface area contributed by atoms with Crippen molar-refractivity contribution in [1.82, 2.24) is 14.8 Å². The van der Waals surface area contributed by atoms with Gasteiger partial charge >= 0.3 is 6.03 Å². The molecular formula is C28H26N4O3S. The number of anilines is 1. The van der Waals surface area contributed by atoms with Gasteiger partial charge in [0.25, 0.3) is 5.22 Å². The lowest BCUT2D eigenvalue weighted by Crippen LogP contribution is -2.52. The van der Waals surface area contributed by atoms with Crippen LogP contribution >= 0.6 is 11.8 Å². The van der Waals surface area contributed by atoms with E-state index in [9.17, 15) is 9.59 Å². The molecule has 1 aliphatic heterocycles. The molecule has 4 aromatic rings. The lowest BCUT2D eigenvalue weighted by Gasteiger charge is -2.34. The number of amides is 3. The average Bonchev–Trinajstić information content (AvgIpc) is 3.38. The number of benzene rings is 3. The van der Waals surface area contributed by atoms with Gasteiger partial charge in [0, 0.05) is 43.0 Å². The van der Waals surface area contributed by atoms with Gasteiger partial charge in [0.15, 0.2) is 5.76 Å². The number of hydrogen-bond acceptors (Lipinski definition) is 5. The summed E-state index contributed by atoms with van der Waals surface area (Å²) in [4.78, 5) is 33.6. The zero-order valence-electron chi connectivity index (χ0n) is 19.7. The van der Waals surface area contributed by atoms with Gasteiger partial charge in [-0.1, -0.05) is 90.6 Å². The standard InChI is InChI=1S/C28H26N4O3S/c33-24(31-16-18-32(19-17-31)27(34)29-23-14-8-3-9-15-23)20-36-28-30-25(21-10-4-1-5-11-21)26(35-28)22-12-6-2-7-13-22/h1-15H,16-20H2,(H,29,34). The Morgan fingerprint density at radius 2 is 1.33 bits per heavy atom. The molecule has 0 unspecified atom stereocenters. The van der Waals surface area contributed by atoms with Crippen LogP contribution in [-0.4, -0.2) is 58.7 Å². The van der Waals surface area contributed by atoms with Crippen molar-refractivity contribution in [2.45, 2.75) is 5.22 Å². The Kier molecular flexibility index (Phi) is 7.33. The van der Waals surface area contributed by atoms with Gasteiger partial charge < -0.3 is 19.5 Å². The highest BCUT2D eigenvalue weighted by molar-refractivity contribution is 7.99. The number of hydrogen-bond donors (Lipinski definition) is 1. The third-order valence-electron chi connectivity index (χ3n) is 5.95. The Balaban J connectivity index is 1.19. The van der Waals surface area contributed by atoms with Gasteiger partial charge in [-0.25, -0.2) is 9.78 Å². The number of thioether (sulfide) groups is 1. The predicted molar refractivity (Wildman–Crippen MR) is 142 cm³/mol. The number of nitrogens with one attached hydrogen (secondary N) is 1. The van der Waals surface area contributed by atoms with Gasteiger partial charge in [-0.15, -0.1) is 0 Å². The van der Waals surface area contributed by atoms with E-state index in [1.807, 2.05) is 91.0 Å². The molecule has 2 heterocycles. The van der Waals surface area contributed by atoms with E-state index in [0.29, 0.717) is 37.2 Å². The number of rotatable bonds is 6.